The van der Waals surface area contributed by atoms with E-state index in [1.54, 1.807) is 16.9 Å². The molecule has 0 bridgehead atoms. The summed E-state index contributed by atoms with van der Waals surface area (Å²) in [7, 11) is 0. The molecule has 1 saturated carbocycles. The van der Waals surface area contributed by atoms with Crippen LogP contribution in [-0.4, -0.2) is 61.6 Å². The minimum absolute atomic E-state index is 0.287. The lowest BCUT2D eigenvalue weighted by Gasteiger charge is -2.54. The number of hydrogen-bond donors (Lipinski definition) is 0. The van der Waals surface area contributed by atoms with Crippen LogP contribution in [-0.2, 0) is 4.74 Å². The Morgan fingerprint density at radius 1 is 1.13 bits per heavy atom. The van der Waals surface area contributed by atoms with Gasteiger partial charge in [-0.25, -0.2) is 4.52 Å². The number of nitriles is 1. The number of aromatic nitrogens is 5. The van der Waals surface area contributed by atoms with Crippen LogP contribution in [0, 0.1) is 23.7 Å². The van der Waals surface area contributed by atoms with Crippen molar-refractivity contribution < 1.29 is 9.47 Å². The van der Waals surface area contributed by atoms with Gasteiger partial charge in [-0.3, -0.25) is 14.6 Å². The topological polar surface area (TPSA) is 93.5 Å². The number of fused-ring (bicyclic) bond motifs is 1. The zero-order valence-corrected chi connectivity index (χ0v) is 22.5. The summed E-state index contributed by atoms with van der Waals surface area (Å²) < 4.78 is 15.8. The van der Waals surface area contributed by atoms with Crippen molar-refractivity contribution in [2.24, 2.45) is 5.41 Å². The number of piperidine rings is 1. The second-order valence-electron chi connectivity index (χ2n) is 11.4. The predicted molar refractivity (Wildman–Crippen MR) is 145 cm³/mol. The van der Waals surface area contributed by atoms with Crippen LogP contribution >= 0.6 is 0 Å². The first-order valence-corrected chi connectivity index (χ1v) is 13.9. The van der Waals surface area contributed by atoms with Crippen molar-refractivity contribution in [3.05, 3.63) is 66.0 Å². The zero-order chi connectivity index (χ0) is 26.6. The van der Waals surface area contributed by atoms with Gasteiger partial charge in [-0.05, 0) is 76.2 Å². The van der Waals surface area contributed by atoms with Crippen LogP contribution < -0.4 is 4.74 Å². The van der Waals surface area contributed by atoms with Crippen molar-refractivity contribution in [1.29, 1.82) is 5.26 Å². The fourth-order valence-corrected chi connectivity index (χ4v) is 6.66. The molecule has 1 atom stereocenters. The molecule has 1 spiro atoms. The van der Waals surface area contributed by atoms with Gasteiger partial charge in [0.25, 0.3) is 0 Å². The molecule has 3 fully saturated rings. The molecule has 2 aliphatic heterocycles. The van der Waals surface area contributed by atoms with E-state index in [-0.39, 0.29) is 6.10 Å². The molecule has 0 aromatic carbocycles. The fraction of sp³-hybridized carbons (Fsp3) is 0.467. The molecule has 1 aliphatic carbocycles. The average molecular weight is 524 g/mol. The molecule has 0 unspecified atom stereocenters. The molecule has 4 aromatic heterocycles. The lowest BCUT2D eigenvalue weighted by atomic mass is 9.60. The third-order valence-corrected chi connectivity index (χ3v) is 9.14. The van der Waals surface area contributed by atoms with E-state index in [1.807, 2.05) is 43.6 Å². The number of likely N-dealkylation sites (tertiary alicyclic amines) is 1. The third kappa shape index (κ3) is 4.19. The summed E-state index contributed by atoms with van der Waals surface area (Å²) >= 11 is 0. The standard InChI is InChI=1S/C30H33N7O2/c1-20-26(16-34-37(20)24-12-30(13-24)6-9-35(10-7-30)25-18-38-19-25)22-11-28(29-23(14-31)15-33-36(29)17-22)39-21(2)27-5-3-4-8-32-27/h3-5,8,11,15-17,21,24-25H,6-7,9-10,12-13,18-19H2,1-2H3/t21-/m1/s1. The molecule has 0 radical (unpaired) electrons. The summed E-state index contributed by atoms with van der Waals surface area (Å²) in [6.45, 7) is 8.31. The van der Waals surface area contributed by atoms with Gasteiger partial charge in [0.1, 0.15) is 29.0 Å². The zero-order valence-electron chi connectivity index (χ0n) is 22.5. The normalized spacial score (nSPS) is 20.4. The van der Waals surface area contributed by atoms with Crippen molar-refractivity contribution in [2.75, 3.05) is 26.3 Å². The Kier molecular flexibility index (Phi) is 5.90. The highest BCUT2D eigenvalue weighted by atomic mass is 16.5. The summed E-state index contributed by atoms with van der Waals surface area (Å²) in [6, 6.07) is 11.1. The van der Waals surface area contributed by atoms with Gasteiger partial charge in [-0.2, -0.15) is 15.5 Å². The van der Waals surface area contributed by atoms with Gasteiger partial charge in [0.2, 0.25) is 0 Å². The lowest BCUT2D eigenvalue weighted by Crippen LogP contribution is -2.55. The maximum atomic E-state index is 9.70. The average Bonchev–Trinajstić information content (AvgIpc) is 3.50. The van der Waals surface area contributed by atoms with E-state index in [0.717, 1.165) is 35.7 Å². The van der Waals surface area contributed by atoms with Crippen LogP contribution in [0.5, 0.6) is 5.75 Å². The van der Waals surface area contributed by atoms with Gasteiger partial charge >= 0.3 is 0 Å². The molecular weight excluding hydrogens is 490 g/mol. The molecular formula is C30H33N7O2. The summed E-state index contributed by atoms with van der Waals surface area (Å²) in [5.41, 5.74) is 5.61. The lowest BCUT2D eigenvalue weighted by molar-refractivity contribution is -0.0971. The summed E-state index contributed by atoms with van der Waals surface area (Å²) in [5, 5.41) is 19.0. The third-order valence-electron chi connectivity index (χ3n) is 9.14. The number of rotatable bonds is 6. The van der Waals surface area contributed by atoms with Crippen LogP contribution in [0.2, 0.25) is 0 Å². The fourth-order valence-electron chi connectivity index (χ4n) is 6.66. The van der Waals surface area contributed by atoms with Gasteiger partial charge in [-0.15, -0.1) is 0 Å². The highest BCUT2D eigenvalue weighted by Gasteiger charge is 2.48. The second-order valence-corrected chi connectivity index (χ2v) is 11.4. The molecule has 0 amide bonds. The van der Waals surface area contributed by atoms with E-state index < -0.39 is 0 Å². The van der Waals surface area contributed by atoms with Crippen molar-refractivity contribution in [1.82, 2.24) is 29.3 Å². The van der Waals surface area contributed by atoms with E-state index in [0.29, 0.717) is 34.3 Å². The van der Waals surface area contributed by atoms with E-state index in [1.165, 1.54) is 38.8 Å². The van der Waals surface area contributed by atoms with E-state index in [2.05, 4.69) is 32.7 Å². The molecule has 9 nitrogen and oxygen atoms in total. The number of pyridine rings is 2. The molecule has 200 valence electrons. The molecule has 3 aliphatic rings. The van der Waals surface area contributed by atoms with Gasteiger partial charge < -0.3 is 9.47 Å². The SMILES string of the molecule is Cc1c(-c2cc(O[C@H](C)c3ccccn3)c3c(C#N)cnn3c2)cnn1C1CC2(CCN(C3COC3)CC2)C1. The number of hydrogen-bond acceptors (Lipinski definition) is 7. The van der Waals surface area contributed by atoms with Crippen LogP contribution in [0.25, 0.3) is 16.6 Å². The second kappa shape index (κ2) is 9.47. The Hall–Kier alpha value is -3.74. The maximum absolute atomic E-state index is 9.70. The molecule has 7 rings (SSSR count). The molecule has 39 heavy (non-hydrogen) atoms. The highest BCUT2D eigenvalue weighted by Crippen LogP contribution is 2.55. The molecule has 9 heteroatoms. The van der Waals surface area contributed by atoms with Crippen LogP contribution in [0.1, 0.15) is 61.7 Å². The van der Waals surface area contributed by atoms with E-state index in [9.17, 15) is 5.26 Å². The molecule has 6 heterocycles. The summed E-state index contributed by atoms with van der Waals surface area (Å²) in [5.74, 6) is 0.609. The Morgan fingerprint density at radius 2 is 1.95 bits per heavy atom. The van der Waals surface area contributed by atoms with Crippen molar-refractivity contribution in [3.8, 4) is 22.9 Å². The van der Waals surface area contributed by atoms with E-state index in [4.69, 9.17) is 14.6 Å². The summed E-state index contributed by atoms with van der Waals surface area (Å²) in [6.07, 6.45) is 11.9. The maximum Gasteiger partial charge on any atom is 0.148 e. The molecule has 2 saturated heterocycles. The first kappa shape index (κ1) is 24.3. The van der Waals surface area contributed by atoms with Crippen LogP contribution in [0.15, 0.2) is 49.1 Å². The first-order valence-electron chi connectivity index (χ1n) is 13.9. The van der Waals surface area contributed by atoms with Crippen molar-refractivity contribution in [2.45, 2.75) is 57.7 Å². The Balaban J connectivity index is 1.13. The highest BCUT2D eigenvalue weighted by molar-refractivity contribution is 5.76. The number of ether oxygens (including phenoxy) is 2. The van der Waals surface area contributed by atoms with Gasteiger partial charge in [-0.1, -0.05) is 6.07 Å². The summed E-state index contributed by atoms with van der Waals surface area (Å²) in [4.78, 5) is 7.06. The first-order chi connectivity index (χ1) is 19.0. The smallest absolute Gasteiger partial charge is 0.148 e. The Bertz CT molecular complexity index is 1530. The minimum Gasteiger partial charge on any atom is -0.482 e. The predicted octanol–water partition coefficient (Wildman–Crippen LogP) is 4.73. The van der Waals surface area contributed by atoms with Crippen LogP contribution in [0.4, 0.5) is 0 Å². The molecule has 4 aromatic rings. The Labute approximate surface area is 228 Å². The van der Waals surface area contributed by atoms with Gasteiger partial charge in [0, 0.05) is 29.2 Å². The quantitative estimate of drug-likeness (QED) is 0.361. The van der Waals surface area contributed by atoms with E-state index >= 15 is 0 Å². The van der Waals surface area contributed by atoms with Gasteiger partial charge in [0.15, 0.2) is 0 Å². The molecule has 0 N–H and O–H groups in total. The van der Waals surface area contributed by atoms with Crippen LogP contribution in [0.3, 0.4) is 0 Å². The van der Waals surface area contributed by atoms with Crippen molar-refractivity contribution in [3.63, 3.8) is 0 Å². The van der Waals surface area contributed by atoms with Crippen molar-refractivity contribution >= 4 is 5.52 Å². The Morgan fingerprint density at radius 3 is 2.64 bits per heavy atom. The largest absolute Gasteiger partial charge is 0.482 e. The number of nitrogens with zero attached hydrogens (tertiary/aromatic N) is 7. The van der Waals surface area contributed by atoms with Gasteiger partial charge in [0.05, 0.1) is 43.4 Å². The monoisotopic (exact) mass is 523 g/mol. The minimum atomic E-state index is -0.287.